The first-order chi connectivity index (χ1) is 18.8. The molecule has 2 amide bonds. The summed E-state index contributed by atoms with van der Waals surface area (Å²) >= 11 is 1.76. The molecule has 0 aromatic rings. The van der Waals surface area contributed by atoms with Crippen LogP contribution in [0.1, 0.15) is 111 Å². The first-order valence-corrected chi connectivity index (χ1v) is 16.8. The normalized spacial score (nSPS) is 17.8. The third-order valence-corrected chi connectivity index (χ3v) is 8.81. The van der Waals surface area contributed by atoms with Gasteiger partial charge in [0.15, 0.2) is 0 Å². The molecule has 0 unspecified atom stereocenters. The molecule has 39 heavy (non-hydrogen) atoms. The van der Waals surface area contributed by atoms with Crippen LogP contribution in [0.2, 0.25) is 0 Å². The lowest BCUT2D eigenvalue weighted by atomic mass is 10.1. The maximum absolute atomic E-state index is 13.3. The van der Waals surface area contributed by atoms with Gasteiger partial charge in [-0.25, -0.2) is 0 Å². The fourth-order valence-corrected chi connectivity index (χ4v) is 6.31. The van der Waals surface area contributed by atoms with Gasteiger partial charge in [0, 0.05) is 31.0 Å². The van der Waals surface area contributed by atoms with Crippen molar-refractivity contribution in [3.05, 3.63) is 34.9 Å². The van der Waals surface area contributed by atoms with Gasteiger partial charge in [0.1, 0.15) is 6.04 Å². The van der Waals surface area contributed by atoms with E-state index in [4.69, 9.17) is 0 Å². The van der Waals surface area contributed by atoms with Gasteiger partial charge >= 0.3 is 0 Å². The van der Waals surface area contributed by atoms with Crippen molar-refractivity contribution in [2.75, 3.05) is 44.2 Å². The summed E-state index contributed by atoms with van der Waals surface area (Å²) in [7, 11) is 0. The summed E-state index contributed by atoms with van der Waals surface area (Å²) in [5.41, 5.74) is 4.26. The van der Waals surface area contributed by atoms with E-state index in [9.17, 15) is 9.59 Å². The van der Waals surface area contributed by atoms with Gasteiger partial charge < -0.3 is 15.1 Å². The number of carbonyl (C=O) groups excluding carboxylic acids is 2. The van der Waals surface area contributed by atoms with Crippen LogP contribution in [0.15, 0.2) is 34.9 Å². The highest BCUT2D eigenvalue weighted by atomic mass is 32.2. The van der Waals surface area contributed by atoms with Gasteiger partial charge in [-0.1, -0.05) is 41.4 Å². The summed E-state index contributed by atoms with van der Waals surface area (Å²) in [4.78, 5) is 30.5. The molecule has 0 aliphatic carbocycles. The molecule has 1 atom stereocenters. The molecular weight excluding hydrogens is 502 g/mol. The molecule has 1 N–H and O–H groups in total. The minimum atomic E-state index is -0.412. The number of thioether (sulfide) groups is 1. The van der Waals surface area contributed by atoms with Gasteiger partial charge in [-0.3, -0.25) is 9.59 Å². The van der Waals surface area contributed by atoms with Crippen LogP contribution in [0.3, 0.4) is 0 Å². The quantitative estimate of drug-likeness (QED) is 0.141. The zero-order chi connectivity index (χ0) is 28.3. The van der Waals surface area contributed by atoms with Crippen molar-refractivity contribution in [1.29, 1.82) is 0 Å². The lowest BCUT2D eigenvalue weighted by molar-refractivity contribution is -0.136. The lowest BCUT2D eigenvalue weighted by Gasteiger charge is -2.30. The molecule has 2 saturated heterocycles. The number of allylic oxidation sites excluding steroid dienone is 5. The Morgan fingerprint density at radius 3 is 2.10 bits per heavy atom. The molecule has 0 aromatic heterocycles. The molecule has 6 heteroatoms. The zero-order valence-corrected chi connectivity index (χ0v) is 26.4. The molecule has 0 saturated carbocycles. The van der Waals surface area contributed by atoms with Crippen molar-refractivity contribution in [3.8, 4) is 0 Å². The fraction of sp³-hybridized carbons (Fsp3) is 0.758. The number of unbranched alkanes of at least 4 members (excludes halogenated alkanes) is 2. The van der Waals surface area contributed by atoms with Crippen LogP contribution in [0.5, 0.6) is 0 Å². The largest absolute Gasteiger partial charge is 0.344 e. The van der Waals surface area contributed by atoms with Crippen molar-refractivity contribution >= 4 is 23.6 Å². The lowest BCUT2D eigenvalue weighted by Crippen LogP contribution is -2.51. The Labute approximate surface area is 244 Å². The van der Waals surface area contributed by atoms with Crippen molar-refractivity contribution in [3.63, 3.8) is 0 Å². The summed E-state index contributed by atoms with van der Waals surface area (Å²) in [6.45, 7) is 14.0. The van der Waals surface area contributed by atoms with Crippen LogP contribution >= 0.6 is 11.8 Å². The van der Waals surface area contributed by atoms with E-state index in [1.165, 1.54) is 49.1 Å². The SMILES string of the molecule is CC(C)=CCC/C(C)=C/CC/C(C)=C/CSC[C@H](NC(=O)CCCCCN1CCCC1)C(=O)N1CCCCC1. The van der Waals surface area contributed by atoms with E-state index in [-0.39, 0.29) is 11.8 Å². The Bertz CT molecular complexity index is 804. The van der Waals surface area contributed by atoms with Gasteiger partial charge in [-0.2, -0.15) is 11.8 Å². The summed E-state index contributed by atoms with van der Waals surface area (Å²) in [5.74, 6) is 1.67. The molecular formula is C33H57N3O2S. The van der Waals surface area contributed by atoms with E-state index in [0.717, 1.165) is 83.2 Å². The molecule has 0 aromatic carbocycles. The molecule has 2 rings (SSSR count). The highest BCUT2D eigenvalue weighted by molar-refractivity contribution is 7.99. The minimum absolute atomic E-state index is 0.0330. The number of nitrogens with zero attached hydrogens (tertiary/aromatic N) is 2. The number of hydrogen-bond acceptors (Lipinski definition) is 4. The Morgan fingerprint density at radius 2 is 1.41 bits per heavy atom. The fourth-order valence-electron chi connectivity index (χ4n) is 5.31. The van der Waals surface area contributed by atoms with Crippen LogP contribution in [-0.4, -0.2) is 71.9 Å². The second-order valence-electron chi connectivity index (χ2n) is 11.9. The average molecular weight is 560 g/mol. The van der Waals surface area contributed by atoms with E-state index in [2.05, 4.69) is 56.1 Å². The Hall–Kier alpha value is -1.53. The van der Waals surface area contributed by atoms with Gasteiger partial charge in [0.2, 0.25) is 11.8 Å². The summed E-state index contributed by atoms with van der Waals surface area (Å²) in [6, 6.07) is -0.412. The predicted molar refractivity (Wildman–Crippen MR) is 169 cm³/mol. The molecule has 2 heterocycles. The van der Waals surface area contributed by atoms with Crippen LogP contribution in [0, 0.1) is 0 Å². The second-order valence-corrected chi connectivity index (χ2v) is 12.9. The number of rotatable bonds is 18. The zero-order valence-electron chi connectivity index (χ0n) is 25.6. The second kappa shape index (κ2) is 20.4. The van der Waals surface area contributed by atoms with E-state index < -0.39 is 6.04 Å². The first-order valence-electron chi connectivity index (χ1n) is 15.7. The monoisotopic (exact) mass is 559 g/mol. The number of carbonyl (C=O) groups is 2. The topological polar surface area (TPSA) is 52.7 Å². The number of amides is 2. The molecule has 2 fully saturated rings. The summed E-state index contributed by atoms with van der Waals surface area (Å²) in [6.07, 6.45) is 21.1. The molecule has 0 radical (unpaired) electrons. The van der Waals surface area contributed by atoms with Crippen LogP contribution in [0.25, 0.3) is 0 Å². The number of hydrogen-bond donors (Lipinski definition) is 1. The van der Waals surface area contributed by atoms with Crippen molar-refractivity contribution in [1.82, 2.24) is 15.1 Å². The maximum atomic E-state index is 13.3. The Morgan fingerprint density at radius 1 is 0.769 bits per heavy atom. The van der Waals surface area contributed by atoms with Gasteiger partial charge in [-0.15, -0.1) is 0 Å². The van der Waals surface area contributed by atoms with Crippen molar-refractivity contribution in [2.45, 2.75) is 117 Å². The molecule has 2 aliphatic heterocycles. The Balaban J connectivity index is 1.73. The van der Waals surface area contributed by atoms with Gasteiger partial charge in [0.25, 0.3) is 0 Å². The van der Waals surface area contributed by atoms with Crippen LogP contribution in [0.4, 0.5) is 0 Å². The average Bonchev–Trinajstić information content (AvgIpc) is 3.43. The minimum Gasteiger partial charge on any atom is -0.344 e. The maximum Gasteiger partial charge on any atom is 0.246 e. The number of piperidine rings is 1. The van der Waals surface area contributed by atoms with Crippen molar-refractivity contribution < 1.29 is 9.59 Å². The Kier molecular flexibility index (Phi) is 17.6. The van der Waals surface area contributed by atoms with Crippen molar-refractivity contribution in [2.24, 2.45) is 0 Å². The van der Waals surface area contributed by atoms with Gasteiger partial charge in [-0.05, 0) is 118 Å². The van der Waals surface area contributed by atoms with Crippen LogP contribution in [-0.2, 0) is 9.59 Å². The molecule has 222 valence electrons. The van der Waals surface area contributed by atoms with E-state index >= 15 is 0 Å². The number of likely N-dealkylation sites (tertiary alicyclic amines) is 2. The van der Waals surface area contributed by atoms with E-state index in [1.54, 1.807) is 11.8 Å². The molecule has 0 spiro atoms. The standard InChI is InChI=1S/C33H57N3O2S/c1-28(2)15-13-16-29(3)17-14-18-30(4)20-26-39-27-31(33(38)36-24-9-6-10-25-36)34-32(37)19-7-5-8-21-35-22-11-12-23-35/h15,17,20,31H,5-14,16,18-19,21-27H2,1-4H3,(H,34,37)/b29-17+,30-20+/t31-/m0/s1. The third kappa shape index (κ3) is 15.7. The van der Waals surface area contributed by atoms with Crippen LogP contribution < -0.4 is 5.32 Å². The summed E-state index contributed by atoms with van der Waals surface area (Å²) < 4.78 is 0. The summed E-state index contributed by atoms with van der Waals surface area (Å²) in [5, 5.41) is 3.11. The van der Waals surface area contributed by atoms with Gasteiger partial charge in [0.05, 0.1) is 0 Å². The number of nitrogens with one attached hydrogen (secondary N) is 1. The molecule has 5 nitrogen and oxygen atoms in total. The molecule has 0 bridgehead atoms. The predicted octanol–water partition coefficient (Wildman–Crippen LogP) is 7.29. The highest BCUT2D eigenvalue weighted by Gasteiger charge is 2.26. The first kappa shape index (κ1) is 33.7. The molecule has 2 aliphatic rings. The third-order valence-electron chi connectivity index (χ3n) is 7.83. The highest BCUT2D eigenvalue weighted by Crippen LogP contribution is 2.16. The van der Waals surface area contributed by atoms with E-state index in [0.29, 0.717) is 12.2 Å². The smallest absolute Gasteiger partial charge is 0.246 e. The van der Waals surface area contributed by atoms with E-state index in [1.807, 2.05) is 4.90 Å².